The SMILES string of the molecule is CS(=O)(=O)N(Sc1nccs1)c1ccccc1. The fraction of sp³-hybridized carbons (Fsp3) is 0.100. The second-order valence-electron chi connectivity index (χ2n) is 3.21. The molecule has 7 heteroatoms. The highest BCUT2D eigenvalue weighted by Crippen LogP contribution is 2.32. The Kier molecular flexibility index (Phi) is 3.70. The maximum absolute atomic E-state index is 11.7. The fourth-order valence-electron chi connectivity index (χ4n) is 1.19. The van der Waals surface area contributed by atoms with E-state index in [4.69, 9.17) is 0 Å². The molecule has 0 saturated heterocycles. The molecule has 0 bridgehead atoms. The Morgan fingerprint density at radius 1 is 1.29 bits per heavy atom. The van der Waals surface area contributed by atoms with Crippen molar-refractivity contribution < 1.29 is 8.42 Å². The normalized spacial score (nSPS) is 11.4. The molecule has 0 fully saturated rings. The largest absolute Gasteiger partial charge is 0.242 e. The fourth-order valence-corrected chi connectivity index (χ4v) is 3.99. The molecular formula is C10H10N2O2S3. The molecular weight excluding hydrogens is 276 g/mol. The zero-order valence-corrected chi connectivity index (χ0v) is 11.4. The van der Waals surface area contributed by atoms with Crippen molar-refractivity contribution >= 4 is 39.0 Å². The van der Waals surface area contributed by atoms with Gasteiger partial charge in [0, 0.05) is 23.5 Å². The van der Waals surface area contributed by atoms with Crippen LogP contribution in [0.3, 0.4) is 0 Å². The van der Waals surface area contributed by atoms with Gasteiger partial charge in [0.1, 0.15) is 0 Å². The van der Waals surface area contributed by atoms with Crippen molar-refractivity contribution in [3.63, 3.8) is 0 Å². The third-order valence-electron chi connectivity index (χ3n) is 1.84. The minimum absolute atomic E-state index is 0.621. The maximum Gasteiger partial charge on any atom is 0.242 e. The minimum Gasteiger partial charge on any atom is -0.237 e. The molecule has 17 heavy (non-hydrogen) atoms. The van der Waals surface area contributed by atoms with E-state index in [1.54, 1.807) is 30.5 Å². The molecule has 90 valence electrons. The van der Waals surface area contributed by atoms with Gasteiger partial charge in [-0.1, -0.05) is 18.2 Å². The quantitative estimate of drug-likeness (QED) is 0.811. The summed E-state index contributed by atoms with van der Waals surface area (Å²) in [6.45, 7) is 0. The van der Waals surface area contributed by atoms with E-state index in [9.17, 15) is 8.42 Å². The Labute approximate surface area is 108 Å². The molecule has 2 rings (SSSR count). The van der Waals surface area contributed by atoms with Crippen LogP contribution < -0.4 is 3.71 Å². The van der Waals surface area contributed by atoms with Crippen LogP contribution in [0.4, 0.5) is 5.69 Å². The molecule has 0 spiro atoms. The van der Waals surface area contributed by atoms with Crippen LogP contribution >= 0.6 is 23.3 Å². The number of para-hydroxylation sites is 1. The van der Waals surface area contributed by atoms with E-state index >= 15 is 0 Å². The van der Waals surface area contributed by atoms with Crippen LogP contribution in [0, 0.1) is 0 Å². The number of sulfonamides is 1. The monoisotopic (exact) mass is 286 g/mol. The maximum atomic E-state index is 11.7. The summed E-state index contributed by atoms with van der Waals surface area (Å²) in [6, 6.07) is 8.95. The van der Waals surface area contributed by atoms with Crippen molar-refractivity contribution in [2.24, 2.45) is 0 Å². The average molecular weight is 286 g/mol. The number of rotatable bonds is 4. The first kappa shape index (κ1) is 12.4. The molecule has 0 aliphatic heterocycles. The predicted octanol–water partition coefficient (Wildman–Crippen LogP) is 2.62. The summed E-state index contributed by atoms with van der Waals surface area (Å²) < 4.78 is 25.4. The van der Waals surface area contributed by atoms with Gasteiger partial charge < -0.3 is 0 Å². The van der Waals surface area contributed by atoms with Gasteiger partial charge in [-0.25, -0.2) is 17.1 Å². The van der Waals surface area contributed by atoms with Crippen molar-refractivity contribution in [3.8, 4) is 0 Å². The van der Waals surface area contributed by atoms with Crippen molar-refractivity contribution in [2.45, 2.75) is 4.34 Å². The van der Waals surface area contributed by atoms with Gasteiger partial charge in [-0.2, -0.15) is 0 Å². The van der Waals surface area contributed by atoms with Crippen LogP contribution in [0.2, 0.25) is 0 Å². The highest BCUT2D eigenvalue weighted by Gasteiger charge is 2.19. The molecule has 1 aromatic carbocycles. The van der Waals surface area contributed by atoms with Crippen LogP contribution in [-0.2, 0) is 10.0 Å². The number of hydrogen-bond donors (Lipinski definition) is 0. The first-order valence-electron chi connectivity index (χ1n) is 4.70. The molecule has 1 aromatic heterocycles. The van der Waals surface area contributed by atoms with Gasteiger partial charge in [0.05, 0.1) is 11.9 Å². The lowest BCUT2D eigenvalue weighted by molar-refractivity contribution is 0.604. The molecule has 2 aromatic rings. The summed E-state index contributed by atoms with van der Waals surface area (Å²) >= 11 is 2.52. The van der Waals surface area contributed by atoms with E-state index in [1.165, 1.54) is 21.3 Å². The van der Waals surface area contributed by atoms with E-state index in [-0.39, 0.29) is 0 Å². The molecule has 1 heterocycles. The highest BCUT2D eigenvalue weighted by atomic mass is 32.3. The Hall–Kier alpha value is -1.05. The minimum atomic E-state index is -3.33. The molecule has 0 aliphatic rings. The molecule has 0 unspecified atom stereocenters. The van der Waals surface area contributed by atoms with Gasteiger partial charge >= 0.3 is 0 Å². The van der Waals surface area contributed by atoms with Crippen LogP contribution in [-0.4, -0.2) is 19.7 Å². The average Bonchev–Trinajstić information content (AvgIpc) is 2.78. The van der Waals surface area contributed by atoms with Gasteiger partial charge in [-0.15, -0.1) is 11.3 Å². The lowest BCUT2D eigenvalue weighted by Gasteiger charge is -2.19. The molecule has 0 aliphatic carbocycles. The number of aromatic nitrogens is 1. The van der Waals surface area contributed by atoms with Gasteiger partial charge in [0.15, 0.2) is 4.34 Å². The molecule has 4 nitrogen and oxygen atoms in total. The van der Waals surface area contributed by atoms with Crippen molar-refractivity contribution in [3.05, 3.63) is 41.9 Å². The smallest absolute Gasteiger partial charge is 0.237 e. The second kappa shape index (κ2) is 5.07. The van der Waals surface area contributed by atoms with E-state index in [0.29, 0.717) is 10.0 Å². The van der Waals surface area contributed by atoms with Crippen LogP contribution in [0.5, 0.6) is 0 Å². The third kappa shape index (κ3) is 3.21. The first-order valence-corrected chi connectivity index (χ1v) is 8.20. The van der Waals surface area contributed by atoms with Crippen LogP contribution in [0.15, 0.2) is 46.2 Å². The van der Waals surface area contributed by atoms with Crippen LogP contribution in [0.1, 0.15) is 0 Å². The summed E-state index contributed by atoms with van der Waals surface area (Å²) in [5.74, 6) is 0. The summed E-state index contributed by atoms with van der Waals surface area (Å²) in [5.41, 5.74) is 0.621. The highest BCUT2D eigenvalue weighted by molar-refractivity contribution is 8.15. The zero-order valence-electron chi connectivity index (χ0n) is 8.98. The molecule has 0 N–H and O–H groups in total. The zero-order chi connectivity index (χ0) is 12.3. The van der Waals surface area contributed by atoms with Gasteiger partial charge in [-0.3, -0.25) is 0 Å². The van der Waals surface area contributed by atoms with Gasteiger partial charge in [0.2, 0.25) is 10.0 Å². The number of nitrogens with zero attached hydrogens (tertiary/aromatic N) is 2. The summed E-state index contributed by atoms with van der Waals surface area (Å²) in [6.07, 6.45) is 2.83. The third-order valence-corrected chi connectivity index (χ3v) is 5.40. The second-order valence-corrected chi connectivity index (χ2v) is 7.36. The van der Waals surface area contributed by atoms with E-state index in [1.807, 2.05) is 11.4 Å². The number of thiazole rings is 1. The number of hydrogen-bond acceptors (Lipinski definition) is 5. The Bertz CT molecular complexity index is 567. The summed E-state index contributed by atoms with van der Waals surface area (Å²) in [5, 5.41) is 1.81. The lowest BCUT2D eigenvalue weighted by Crippen LogP contribution is -2.22. The Morgan fingerprint density at radius 3 is 2.53 bits per heavy atom. The first-order chi connectivity index (χ1) is 8.07. The topological polar surface area (TPSA) is 50.3 Å². The lowest BCUT2D eigenvalue weighted by atomic mass is 10.3. The van der Waals surface area contributed by atoms with E-state index in [0.717, 1.165) is 11.9 Å². The summed E-state index contributed by atoms with van der Waals surface area (Å²) in [4.78, 5) is 4.07. The van der Waals surface area contributed by atoms with Crippen molar-refractivity contribution in [1.29, 1.82) is 0 Å². The Balaban J connectivity index is 2.33. The number of benzene rings is 1. The predicted molar refractivity (Wildman–Crippen MR) is 71.7 cm³/mol. The van der Waals surface area contributed by atoms with E-state index in [2.05, 4.69) is 4.98 Å². The molecule has 0 radical (unpaired) electrons. The number of anilines is 1. The Morgan fingerprint density at radius 2 is 2.00 bits per heavy atom. The van der Waals surface area contributed by atoms with Gasteiger partial charge in [-0.05, 0) is 12.1 Å². The summed E-state index contributed by atoms with van der Waals surface area (Å²) in [7, 11) is -3.33. The van der Waals surface area contributed by atoms with Crippen molar-refractivity contribution in [2.75, 3.05) is 9.97 Å². The molecule has 0 atom stereocenters. The molecule has 0 saturated carbocycles. The molecule has 0 amide bonds. The van der Waals surface area contributed by atoms with Gasteiger partial charge in [0.25, 0.3) is 0 Å². The standard InChI is InChI=1S/C10H10N2O2S3/c1-17(13,14)12(9-5-3-2-4-6-9)16-10-11-7-8-15-10/h2-8H,1H3. The van der Waals surface area contributed by atoms with Crippen molar-refractivity contribution in [1.82, 2.24) is 4.98 Å². The van der Waals surface area contributed by atoms with Crippen LogP contribution in [0.25, 0.3) is 0 Å². The van der Waals surface area contributed by atoms with E-state index < -0.39 is 10.0 Å².